The van der Waals surface area contributed by atoms with E-state index in [0.717, 1.165) is 11.3 Å². The van der Waals surface area contributed by atoms with E-state index in [-0.39, 0.29) is 16.7 Å². The minimum Gasteiger partial charge on any atom is -0.378 e. The molecule has 1 aliphatic rings. The normalized spacial score (nSPS) is 19.8. The summed E-state index contributed by atoms with van der Waals surface area (Å²) >= 11 is 0. The Morgan fingerprint density at radius 2 is 2.00 bits per heavy atom. The maximum absolute atomic E-state index is 13.5. The van der Waals surface area contributed by atoms with Gasteiger partial charge in [-0.05, 0) is 54.8 Å². The molecule has 0 aromatic heterocycles. The number of rotatable bonds is 2. The van der Waals surface area contributed by atoms with Gasteiger partial charge in [-0.2, -0.15) is 0 Å². The summed E-state index contributed by atoms with van der Waals surface area (Å²) in [5.74, 6) is -0.336. The van der Waals surface area contributed by atoms with Crippen molar-refractivity contribution >= 4 is 15.5 Å². The molecular weight excluding hydrogens is 289 g/mol. The first-order valence-corrected chi connectivity index (χ1v) is 8.46. The van der Waals surface area contributed by atoms with Crippen molar-refractivity contribution in [2.24, 2.45) is 0 Å². The van der Waals surface area contributed by atoms with E-state index in [1.165, 1.54) is 18.2 Å². The number of halogens is 1. The van der Waals surface area contributed by atoms with Crippen molar-refractivity contribution in [3.05, 3.63) is 59.4 Å². The van der Waals surface area contributed by atoms with E-state index in [1.54, 1.807) is 0 Å². The van der Waals surface area contributed by atoms with Crippen molar-refractivity contribution in [3.8, 4) is 0 Å². The van der Waals surface area contributed by atoms with E-state index in [0.29, 0.717) is 12.0 Å². The molecule has 0 amide bonds. The maximum Gasteiger partial charge on any atom is 0.178 e. The highest BCUT2D eigenvalue weighted by Gasteiger charge is 2.30. The van der Waals surface area contributed by atoms with Crippen LogP contribution in [-0.4, -0.2) is 14.2 Å². The van der Waals surface area contributed by atoms with Gasteiger partial charge in [0.15, 0.2) is 9.84 Å². The van der Waals surface area contributed by atoms with Crippen LogP contribution in [0.2, 0.25) is 0 Å². The molecule has 110 valence electrons. The summed E-state index contributed by atoms with van der Waals surface area (Å²) in [6.07, 6.45) is 0.437. The van der Waals surface area contributed by atoms with Crippen LogP contribution in [0.4, 0.5) is 10.1 Å². The zero-order valence-corrected chi connectivity index (χ0v) is 12.5. The average Bonchev–Trinajstić information content (AvgIpc) is 2.42. The van der Waals surface area contributed by atoms with Crippen LogP contribution in [-0.2, 0) is 9.84 Å². The van der Waals surface area contributed by atoms with Crippen LogP contribution in [0.3, 0.4) is 0 Å². The summed E-state index contributed by atoms with van der Waals surface area (Å²) in [5.41, 5.74) is 2.54. The third-order valence-electron chi connectivity index (χ3n) is 3.72. The van der Waals surface area contributed by atoms with Crippen molar-refractivity contribution < 1.29 is 12.8 Å². The third kappa shape index (κ3) is 2.78. The number of sulfone groups is 1. The minimum absolute atomic E-state index is 0.0785. The van der Waals surface area contributed by atoms with Crippen LogP contribution >= 0.6 is 0 Å². The lowest BCUT2D eigenvalue weighted by Crippen LogP contribution is -2.24. The second-order valence-electron chi connectivity index (χ2n) is 5.36. The molecule has 3 rings (SSSR count). The Morgan fingerprint density at radius 3 is 2.76 bits per heavy atom. The van der Waals surface area contributed by atoms with Crippen LogP contribution in [0.15, 0.2) is 47.4 Å². The molecule has 0 bridgehead atoms. The van der Waals surface area contributed by atoms with Gasteiger partial charge in [0.25, 0.3) is 0 Å². The summed E-state index contributed by atoms with van der Waals surface area (Å²) in [6.45, 7) is 1.99. The molecule has 1 aliphatic heterocycles. The summed E-state index contributed by atoms with van der Waals surface area (Å²) in [5, 5.41) is 3.31. The quantitative estimate of drug-likeness (QED) is 0.864. The molecule has 0 radical (unpaired) electrons. The maximum atomic E-state index is 13.5. The highest BCUT2D eigenvalue weighted by Crippen LogP contribution is 2.34. The molecule has 0 saturated heterocycles. The Balaban J connectivity index is 2.00. The topological polar surface area (TPSA) is 46.2 Å². The minimum atomic E-state index is -3.30. The van der Waals surface area contributed by atoms with Crippen molar-refractivity contribution in [1.29, 1.82) is 0 Å². The first-order chi connectivity index (χ1) is 9.95. The lowest BCUT2D eigenvalue weighted by Gasteiger charge is -2.27. The number of anilines is 1. The van der Waals surface area contributed by atoms with Crippen LogP contribution in [0.1, 0.15) is 23.6 Å². The first kappa shape index (κ1) is 14.1. The number of fused-ring (bicyclic) bond motifs is 1. The summed E-state index contributed by atoms with van der Waals surface area (Å²) in [4.78, 5) is 0.236. The van der Waals surface area contributed by atoms with Gasteiger partial charge in [-0.25, -0.2) is 12.8 Å². The Labute approximate surface area is 123 Å². The molecule has 1 unspecified atom stereocenters. The molecule has 1 heterocycles. The van der Waals surface area contributed by atoms with Crippen molar-refractivity contribution in [2.45, 2.75) is 24.3 Å². The monoisotopic (exact) mass is 305 g/mol. The van der Waals surface area contributed by atoms with E-state index in [9.17, 15) is 12.8 Å². The number of hydrogen-bond donors (Lipinski definition) is 1. The van der Waals surface area contributed by atoms with Crippen molar-refractivity contribution in [2.75, 3.05) is 11.1 Å². The largest absolute Gasteiger partial charge is 0.378 e. The number of aryl methyl sites for hydroxylation is 1. The van der Waals surface area contributed by atoms with Gasteiger partial charge in [0.05, 0.1) is 16.7 Å². The fourth-order valence-electron chi connectivity index (χ4n) is 2.70. The Morgan fingerprint density at radius 1 is 1.19 bits per heavy atom. The molecule has 2 aromatic carbocycles. The zero-order chi connectivity index (χ0) is 15.0. The SMILES string of the molecule is Cc1cccc(NC2CCS(=O)(=O)c3ccc(F)cc32)c1. The zero-order valence-electron chi connectivity index (χ0n) is 11.6. The number of nitrogens with one attached hydrogen (secondary N) is 1. The molecule has 0 aliphatic carbocycles. The molecular formula is C16H16FNO2S. The van der Waals surface area contributed by atoms with Gasteiger partial charge in [0, 0.05) is 5.69 Å². The average molecular weight is 305 g/mol. The standard InChI is InChI=1S/C16H16FNO2S/c1-11-3-2-4-13(9-11)18-15-7-8-21(19,20)16-6-5-12(17)10-14(15)16/h2-6,9-10,15,18H,7-8H2,1H3. The van der Waals surface area contributed by atoms with E-state index in [2.05, 4.69) is 5.32 Å². The van der Waals surface area contributed by atoms with E-state index in [1.807, 2.05) is 31.2 Å². The van der Waals surface area contributed by atoms with Gasteiger partial charge in [0.1, 0.15) is 5.82 Å². The van der Waals surface area contributed by atoms with Crippen molar-refractivity contribution in [1.82, 2.24) is 0 Å². The predicted molar refractivity (Wildman–Crippen MR) is 80.6 cm³/mol. The Kier molecular flexibility index (Phi) is 3.45. The Hall–Kier alpha value is -1.88. The lowest BCUT2D eigenvalue weighted by molar-refractivity contribution is 0.570. The molecule has 3 nitrogen and oxygen atoms in total. The second-order valence-corrected chi connectivity index (χ2v) is 7.43. The van der Waals surface area contributed by atoms with E-state index >= 15 is 0 Å². The summed E-state index contributed by atoms with van der Waals surface area (Å²) in [7, 11) is -3.30. The molecule has 1 atom stereocenters. The molecule has 5 heteroatoms. The molecule has 2 aromatic rings. The third-order valence-corrected chi connectivity index (χ3v) is 5.53. The van der Waals surface area contributed by atoms with E-state index in [4.69, 9.17) is 0 Å². The van der Waals surface area contributed by atoms with Gasteiger partial charge < -0.3 is 5.32 Å². The summed E-state index contributed by atoms with van der Waals surface area (Å²) in [6, 6.07) is 11.5. The van der Waals surface area contributed by atoms with Crippen LogP contribution in [0.5, 0.6) is 0 Å². The Bertz CT molecular complexity index is 787. The number of hydrogen-bond acceptors (Lipinski definition) is 3. The first-order valence-electron chi connectivity index (χ1n) is 6.81. The molecule has 0 fully saturated rings. The highest BCUT2D eigenvalue weighted by atomic mass is 32.2. The van der Waals surface area contributed by atoms with Crippen LogP contribution < -0.4 is 5.32 Å². The smallest absolute Gasteiger partial charge is 0.178 e. The van der Waals surface area contributed by atoms with Gasteiger partial charge >= 0.3 is 0 Å². The van der Waals surface area contributed by atoms with Crippen LogP contribution in [0, 0.1) is 12.7 Å². The predicted octanol–water partition coefficient (Wildman–Crippen LogP) is 3.46. The van der Waals surface area contributed by atoms with Crippen LogP contribution in [0.25, 0.3) is 0 Å². The molecule has 1 N–H and O–H groups in total. The van der Waals surface area contributed by atoms with Gasteiger partial charge in [-0.15, -0.1) is 0 Å². The van der Waals surface area contributed by atoms with Crippen molar-refractivity contribution in [3.63, 3.8) is 0 Å². The number of benzene rings is 2. The molecule has 0 saturated carbocycles. The molecule has 0 spiro atoms. The fraction of sp³-hybridized carbons (Fsp3) is 0.250. The fourth-order valence-corrected chi connectivity index (χ4v) is 4.30. The lowest BCUT2D eigenvalue weighted by atomic mass is 10.0. The summed E-state index contributed by atoms with van der Waals surface area (Å²) < 4.78 is 37.7. The van der Waals surface area contributed by atoms with Gasteiger partial charge in [0.2, 0.25) is 0 Å². The molecule has 21 heavy (non-hydrogen) atoms. The van der Waals surface area contributed by atoms with Gasteiger partial charge in [-0.3, -0.25) is 0 Å². The second kappa shape index (κ2) is 5.15. The highest BCUT2D eigenvalue weighted by molar-refractivity contribution is 7.91. The van der Waals surface area contributed by atoms with E-state index < -0.39 is 15.7 Å². The van der Waals surface area contributed by atoms with Gasteiger partial charge in [-0.1, -0.05) is 12.1 Å².